The molecule has 0 radical (unpaired) electrons. The van der Waals surface area contributed by atoms with Crippen LogP contribution >= 0.6 is 0 Å². The molecule has 0 aromatic heterocycles. The van der Waals surface area contributed by atoms with Crippen molar-refractivity contribution in [3.05, 3.63) is 24.3 Å². The Hall–Kier alpha value is -1.13. The number of rotatable bonds is 34. The van der Waals surface area contributed by atoms with Gasteiger partial charge >= 0.3 is 0 Å². The molecule has 2 unspecified atom stereocenters. The van der Waals surface area contributed by atoms with Crippen LogP contribution in [0.2, 0.25) is 0 Å². The summed E-state index contributed by atoms with van der Waals surface area (Å²) >= 11 is 0. The van der Waals surface area contributed by atoms with Crippen LogP contribution in [0.15, 0.2) is 24.3 Å². The molecule has 0 aliphatic rings. The molecular formula is C39H75NO3. The van der Waals surface area contributed by atoms with Crippen molar-refractivity contribution >= 4 is 5.91 Å². The van der Waals surface area contributed by atoms with Crippen LogP contribution in [-0.4, -0.2) is 34.9 Å². The van der Waals surface area contributed by atoms with Gasteiger partial charge in [0.25, 0.3) is 0 Å². The molecule has 0 aliphatic carbocycles. The highest BCUT2D eigenvalue weighted by Gasteiger charge is 2.17. The van der Waals surface area contributed by atoms with Crippen molar-refractivity contribution in [3.8, 4) is 0 Å². The first kappa shape index (κ1) is 41.9. The van der Waals surface area contributed by atoms with Crippen LogP contribution in [0.1, 0.15) is 200 Å². The largest absolute Gasteiger partial charge is 0.394 e. The van der Waals surface area contributed by atoms with Crippen LogP contribution < -0.4 is 5.32 Å². The third kappa shape index (κ3) is 32.1. The van der Waals surface area contributed by atoms with Gasteiger partial charge in [-0.15, -0.1) is 0 Å². The van der Waals surface area contributed by atoms with Crippen LogP contribution in [0, 0.1) is 0 Å². The van der Waals surface area contributed by atoms with E-state index in [1.54, 1.807) is 6.08 Å². The maximum Gasteiger partial charge on any atom is 0.220 e. The SMILES string of the molecule is CCCC/C=C/C(O)C(CO)NC(=O)CCCCCCCCCCCCCCCCC/C=C\CCCCCCCCCC. The van der Waals surface area contributed by atoms with Crippen LogP contribution in [0.25, 0.3) is 0 Å². The lowest BCUT2D eigenvalue weighted by Gasteiger charge is -2.19. The molecule has 1 amide bonds. The third-order valence-electron chi connectivity index (χ3n) is 8.68. The minimum absolute atomic E-state index is 0.0724. The summed E-state index contributed by atoms with van der Waals surface area (Å²) in [7, 11) is 0. The zero-order valence-corrected chi connectivity index (χ0v) is 29.0. The summed E-state index contributed by atoms with van der Waals surface area (Å²) < 4.78 is 0. The van der Waals surface area contributed by atoms with E-state index >= 15 is 0 Å². The first-order chi connectivity index (χ1) is 21.2. The lowest BCUT2D eigenvalue weighted by molar-refractivity contribution is -0.123. The fourth-order valence-electron chi connectivity index (χ4n) is 5.69. The molecule has 0 bridgehead atoms. The molecule has 254 valence electrons. The smallest absolute Gasteiger partial charge is 0.220 e. The molecule has 0 heterocycles. The Balaban J connectivity index is 3.36. The number of amides is 1. The van der Waals surface area contributed by atoms with Crippen LogP contribution in [0.4, 0.5) is 0 Å². The zero-order chi connectivity index (χ0) is 31.5. The van der Waals surface area contributed by atoms with Gasteiger partial charge in [0, 0.05) is 6.42 Å². The van der Waals surface area contributed by atoms with E-state index in [0.29, 0.717) is 6.42 Å². The molecule has 0 spiro atoms. The molecule has 3 N–H and O–H groups in total. The number of aliphatic hydroxyl groups is 2. The summed E-state index contributed by atoms with van der Waals surface area (Å²) in [6, 6.07) is -0.614. The van der Waals surface area contributed by atoms with Crippen LogP contribution in [0.3, 0.4) is 0 Å². The fraction of sp³-hybridized carbons (Fsp3) is 0.872. The second-order valence-electron chi connectivity index (χ2n) is 13.0. The summed E-state index contributed by atoms with van der Waals surface area (Å²) in [5.41, 5.74) is 0. The topological polar surface area (TPSA) is 69.6 Å². The molecule has 0 aromatic rings. The maximum atomic E-state index is 12.2. The van der Waals surface area contributed by atoms with Gasteiger partial charge in [-0.2, -0.15) is 0 Å². The van der Waals surface area contributed by atoms with Crippen molar-refractivity contribution in [2.24, 2.45) is 0 Å². The monoisotopic (exact) mass is 606 g/mol. The number of carbonyl (C=O) groups excluding carboxylic acids is 1. The van der Waals surface area contributed by atoms with Crippen molar-refractivity contribution in [3.63, 3.8) is 0 Å². The highest BCUT2D eigenvalue weighted by atomic mass is 16.3. The van der Waals surface area contributed by atoms with Crippen molar-refractivity contribution in [1.29, 1.82) is 0 Å². The lowest BCUT2D eigenvalue weighted by atomic mass is 10.0. The van der Waals surface area contributed by atoms with E-state index in [-0.39, 0.29) is 12.5 Å². The summed E-state index contributed by atoms with van der Waals surface area (Å²) in [6.07, 6.45) is 44.7. The first-order valence-corrected chi connectivity index (χ1v) is 19.1. The van der Waals surface area contributed by atoms with Gasteiger partial charge in [-0.3, -0.25) is 4.79 Å². The number of unbranched alkanes of at least 4 members (excludes halogenated alkanes) is 25. The zero-order valence-electron chi connectivity index (χ0n) is 29.0. The Bertz CT molecular complexity index is 618. The Kier molecular flexibility index (Phi) is 34.4. The highest BCUT2D eigenvalue weighted by molar-refractivity contribution is 5.76. The van der Waals surface area contributed by atoms with Gasteiger partial charge in [0.15, 0.2) is 0 Å². The van der Waals surface area contributed by atoms with E-state index in [1.165, 1.54) is 148 Å². The van der Waals surface area contributed by atoms with Gasteiger partial charge in [0.2, 0.25) is 5.91 Å². The van der Waals surface area contributed by atoms with Crippen LogP contribution in [0.5, 0.6) is 0 Å². The third-order valence-corrected chi connectivity index (χ3v) is 8.68. The number of nitrogens with one attached hydrogen (secondary N) is 1. The summed E-state index contributed by atoms with van der Waals surface area (Å²) in [5, 5.41) is 22.5. The number of carbonyl (C=O) groups is 1. The van der Waals surface area contributed by atoms with Gasteiger partial charge in [0.05, 0.1) is 18.8 Å². The molecular weight excluding hydrogens is 530 g/mol. The van der Waals surface area contributed by atoms with Gasteiger partial charge < -0.3 is 15.5 Å². The summed E-state index contributed by atoms with van der Waals surface area (Å²) in [6.45, 7) is 4.17. The predicted octanol–water partition coefficient (Wildman–Crippen LogP) is 11.3. The van der Waals surface area contributed by atoms with Gasteiger partial charge in [-0.25, -0.2) is 0 Å². The number of aliphatic hydroxyl groups excluding tert-OH is 2. The molecule has 4 nitrogen and oxygen atoms in total. The first-order valence-electron chi connectivity index (χ1n) is 19.1. The van der Waals surface area contributed by atoms with E-state index in [0.717, 1.165) is 32.1 Å². The molecule has 0 saturated heterocycles. The standard InChI is InChI=1S/C39H75NO3/c1-3-5-7-9-10-11-12-13-14-15-16-17-18-19-20-21-22-23-24-25-26-27-28-29-30-31-33-35-39(43)40-37(36-41)38(42)34-32-8-6-4-2/h15-16,32,34,37-38,41-42H,3-14,17-31,33,35-36H2,1-2H3,(H,40,43)/b16-15-,34-32+. The lowest BCUT2D eigenvalue weighted by Crippen LogP contribution is -2.45. The van der Waals surface area contributed by atoms with Crippen molar-refractivity contribution in [2.75, 3.05) is 6.61 Å². The Morgan fingerprint density at radius 2 is 0.907 bits per heavy atom. The molecule has 43 heavy (non-hydrogen) atoms. The normalized spacial score (nSPS) is 13.3. The molecule has 4 heteroatoms. The quantitative estimate of drug-likeness (QED) is 0.0505. The highest BCUT2D eigenvalue weighted by Crippen LogP contribution is 2.15. The predicted molar refractivity (Wildman–Crippen MR) is 189 cm³/mol. The van der Waals surface area contributed by atoms with E-state index in [1.807, 2.05) is 6.08 Å². The number of allylic oxidation sites excluding steroid dienone is 3. The molecule has 0 rings (SSSR count). The summed E-state index contributed by atoms with van der Waals surface area (Å²) in [5.74, 6) is -0.0724. The Morgan fingerprint density at radius 1 is 0.535 bits per heavy atom. The second kappa shape index (κ2) is 35.4. The number of hydrogen-bond donors (Lipinski definition) is 3. The van der Waals surface area contributed by atoms with Gasteiger partial charge in [0.1, 0.15) is 0 Å². The van der Waals surface area contributed by atoms with Gasteiger partial charge in [-0.1, -0.05) is 179 Å². The minimum Gasteiger partial charge on any atom is -0.394 e. The average molecular weight is 606 g/mol. The molecule has 0 aromatic carbocycles. The van der Waals surface area contributed by atoms with Crippen LogP contribution in [-0.2, 0) is 4.79 Å². The van der Waals surface area contributed by atoms with E-state index in [4.69, 9.17) is 0 Å². The van der Waals surface area contributed by atoms with Crippen molar-refractivity contribution in [2.45, 2.75) is 212 Å². The van der Waals surface area contributed by atoms with Crippen molar-refractivity contribution in [1.82, 2.24) is 5.32 Å². The fourth-order valence-corrected chi connectivity index (χ4v) is 5.69. The maximum absolute atomic E-state index is 12.2. The Labute approximate surface area is 269 Å². The van der Waals surface area contributed by atoms with E-state index in [2.05, 4.69) is 31.3 Å². The summed E-state index contributed by atoms with van der Waals surface area (Å²) in [4.78, 5) is 12.2. The van der Waals surface area contributed by atoms with E-state index < -0.39 is 12.1 Å². The van der Waals surface area contributed by atoms with Gasteiger partial charge in [-0.05, 0) is 38.5 Å². The second-order valence-corrected chi connectivity index (χ2v) is 13.0. The van der Waals surface area contributed by atoms with E-state index in [9.17, 15) is 15.0 Å². The van der Waals surface area contributed by atoms with Crippen molar-refractivity contribution < 1.29 is 15.0 Å². The molecule has 0 aliphatic heterocycles. The average Bonchev–Trinajstić information content (AvgIpc) is 3.01. The minimum atomic E-state index is -0.831. The molecule has 2 atom stereocenters. The Morgan fingerprint density at radius 3 is 1.33 bits per heavy atom. The molecule has 0 fully saturated rings. The number of hydrogen-bond acceptors (Lipinski definition) is 3. The molecule has 0 saturated carbocycles.